The van der Waals surface area contributed by atoms with Gasteiger partial charge in [0.25, 0.3) is 0 Å². The van der Waals surface area contributed by atoms with Gasteiger partial charge < -0.3 is 29.7 Å². The van der Waals surface area contributed by atoms with E-state index >= 15 is 0 Å². The fourth-order valence-corrected chi connectivity index (χ4v) is 2.27. The zero-order chi connectivity index (χ0) is 21.2. The largest absolute Gasteiger partial charge is 0.462 e. The van der Waals surface area contributed by atoms with Crippen molar-refractivity contribution in [3.05, 3.63) is 0 Å². The topological polar surface area (TPSA) is 131 Å². The molecular weight excluding hydrogens is 358 g/mol. The Balaban J connectivity index is 2.98. The molecule has 0 bridgehead atoms. The van der Waals surface area contributed by atoms with Crippen molar-refractivity contribution >= 4 is 17.8 Å². The molecule has 5 atom stereocenters. The normalized spacial score (nSPS) is 29.0. The maximum absolute atomic E-state index is 12.3. The minimum absolute atomic E-state index is 0.343. The molecule has 0 radical (unpaired) electrons. The Bertz CT molecular complexity index is 563. The minimum Gasteiger partial charge on any atom is -0.462 e. The van der Waals surface area contributed by atoms with Crippen LogP contribution in [0.2, 0.25) is 0 Å². The van der Waals surface area contributed by atoms with Crippen LogP contribution in [0, 0.1) is 10.8 Å². The monoisotopic (exact) mass is 389 g/mol. The van der Waals surface area contributed by atoms with Crippen LogP contribution in [-0.4, -0.2) is 65.3 Å². The van der Waals surface area contributed by atoms with Gasteiger partial charge in [-0.3, -0.25) is 14.4 Å². The Morgan fingerprint density at radius 3 is 1.96 bits per heavy atom. The van der Waals surface area contributed by atoms with E-state index in [9.17, 15) is 24.6 Å². The van der Waals surface area contributed by atoms with Crippen LogP contribution in [0.5, 0.6) is 0 Å². The van der Waals surface area contributed by atoms with E-state index in [4.69, 9.17) is 14.2 Å². The summed E-state index contributed by atoms with van der Waals surface area (Å²) in [4.78, 5) is 35.6. The Hall–Kier alpha value is -1.71. The molecule has 0 aliphatic carbocycles. The predicted molar refractivity (Wildman–Crippen MR) is 94.2 cm³/mol. The molecule has 1 fully saturated rings. The van der Waals surface area contributed by atoms with Gasteiger partial charge in [0, 0.05) is 6.92 Å². The molecule has 27 heavy (non-hydrogen) atoms. The van der Waals surface area contributed by atoms with Gasteiger partial charge in [-0.15, -0.1) is 0 Å². The Morgan fingerprint density at radius 2 is 1.52 bits per heavy atom. The lowest BCUT2D eigenvalue weighted by atomic mass is 9.94. The lowest BCUT2D eigenvalue weighted by molar-refractivity contribution is -0.262. The standard InChI is InChI=1S/C18H31NO8/c1-9(20)19-11-13(27-16(24)18(5,6)7)12(21)10(26-14(11)22)8-25-15(23)17(2,3)4/h10-14,21-22H,8H2,1-7H3,(H,19,20). The van der Waals surface area contributed by atoms with Crippen LogP contribution in [0.3, 0.4) is 0 Å². The molecule has 1 amide bonds. The third-order valence-corrected chi connectivity index (χ3v) is 3.91. The van der Waals surface area contributed by atoms with Gasteiger partial charge in [-0.2, -0.15) is 0 Å². The van der Waals surface area contributed by atoms with Crippen molar-refractivity contribution in [2.24, 2.45) is 10.8 Å². The summed E-state index contributed by atoms with van der Waals surface area (Å²) in [6.45, 7) is 10.8. The molecular formula is C18H31NO8. The number of esters is 2. The van der Waals surface area contributed by atoms with E-state index in [0.29, 0.717) is 0 Å². The highest BCUT2D eigenvalue weighted by Crippen LogP contribution is 2.27. The molecule has 1 rings (SSSR count). The number of carbonyl (C=O) groups excluding carboxylic acids is 3. The average Bonchev–Trinajstić information content (AvgIpc) is 2.49. The summed E-state index contributed by atoms with van der Waals surface area (Å²) < 4.78 is 15.8. The van der Waals surface area contributed by atoms with E-state index in [0.717, 1.165) is 0 Å². The summed E-state index contributed by atoms with van der Waals surface area (Å²) >= 11 is 0. The molecule has 0 aromatic heterocycles. The number of hydrogen-bond donors (Lipinski definition) is 3. The number of ether oxygens (including phenoxy) is 3. The second kappa shape index (κ2) is 8.53. The van der Waals surface area contributed by atoms with E-state index in [1.807, 2.05) is 0 Å². The fourth-order valence-electron chi connectivity index (χ4n) is 2.27. The van der Waals surface area contributed by atoms with Gasteiger partial charge in [-0.05, 0) is 41.5 Å². The van der Waals surface area contributed by atoms with Gasteiger partial charge in [0.2, 0.25) is 5.91 Å². The SMILES string of the molecule is CC(=O)NC1C(O)OC(COC(=O)C(C)(C)C)C(O)C1OC(=O)C(C)(C)C. The quantitative estimate of drug-likeness (QED) is 0.578. The molecule has 3 N–H and O–H groups in total. The molecule has 1 heterocycles. The first-order chi connectivity index (χ1) is 12.1. The second-order valence-corrected chi connectivity index (χ2v) is 8.75. The lowest BCUT2D eigenvalue weighted by Gasteiger charge is -2.43. The highest BCUT2D eigenvalue weighted by atomic mass is 16.6. The van der Waals surface area contributed by atoms with Crippen molar-refractivity contribution < 1.29 is 38.8 Å². The molecule has 0 aromatic rings. The molecule has 1 saturated heterocycles. The highest BCUT2D eigenvalue weighted by molar-refractivity contribution is 5.76. The van der Waals surface area contributed by atoms with Crippen molar-refractivity contribution in [3.63, 3.8) is 0 Å². The predicted octanol–water partition coefficient (Wildman–Crippen LogP) is 0.116. The summed E-state index contributed by atoms with van der Waals surface area (Å²) in [5, 5.41) is 23.3. The Kier molecular flexibility index (Phi) is 7.37. The highest BCUT2D eigenvalue weighted by Gasteiger charge is 2.48. The minimum atomic E-state index is -1.56. The summed E-state index contributed by atoms with van der Waals surface area (Å²) in [5.41, 5.74) is -1.62. The molecule has 9 heteroatoms. The molecule has 5 unspecified atom stereocenters. The second-order valence-electron chi connectivity index (χ2n) is 8.75. The molecule has 156 valence electrons. The van der Waals surface area contributed by atoms with Crippen LogP contribution in [0.25, 0.3) is 0 Å². The number of nitrogens with one attached hydrogen (secondary N) is 1. The average molecular weight is 389 g/mol. The van der Waals surface area contributed by atoms with Gasteiger partial charge >= 0.3 is 11.9 Å². The number of carbonyl (C=O) groups is 3. The van der Waals surface area contributed by atoms with Crippen molar-refractivity contribution in [1.82, 2.24) is 5.32 Å². The molecule has 1 aliphatic heterocycles. The van der Waals surface area contributed by atoms with Crippen LogP contribution in [0.4, 0.5) is 0 Å². The first-order valence-electron chi connectivity index (χ1n) is 8.81. The zero-order valence-electron chi connectivity index (χ0n) is 16.9. The number of aliphatic hydroxyl groups excluding tert-OH is 2. The molecule has 9 nitrogen and oxygen atoms in total. The maximum Gasteiger partial charge on any atom is 0.311 e. The zero-order valence-corrected chi connectivity index (χ0v) is 16.9. The third-order valence-electron chi connectivity index (χ3n) is 3.91. The summed E-state index contributed by atoms with van der Waals surface area (Å²) in [6.07, 6.45) is -5.39. The van der Waals surface area contributed by atoms with E-state index < -0.39 is 59.3 Å². The number of amides is 1. The molecule has 0 spiro atoms. The molecule has 0 saturated carbocycles. The van der Waals surface area contributed by atoms with Crippen molar-refractivity contribution in [2.75, 3.05) is 6.61 Å². The van der Waals surface area contributed by atoms with Crippen molar-refractivity contribution in [2.45, 2.75) is 79.1 Å². The van der Waals surface area contributed by atoms with Crippen LogP contribution in [0.15, 0.2) is 0 Å². The first-order valence-corrected chi connectivity index (χ1v) is 8.81. The first kappa shape index (κ1) is 23.3. The van der Waals surface area contributed by atoms with E-state index in [2.05, 4.69) is 5.32 Å². The van der Waals surface area contributed by atoms with Crippen LogP contribution < -0.4 is 5.32 Å². The molecule has 0 aromatic carbocycles. The molecule has 1 aliphatic rings. The van der Waals surface area contributed by atoms with E-state index in [1.165, 1.54) is 6.92 Å². The van der Waals surface area contributed by atoms with Gasteiger partial charge in [0.15, 0.2) is 12.4 Å². The summed E-state index contributed by atoms with van der Waals surface area (Å²) in [7, 11) is 0. The van der Waals surface area contributed by atoms with Gasteiger partial charge in [0.1, 0.15) is 24.9 Å². The smallest absolute Gasteiger partial charge is 0.311 e. The van der Waals surface area contributed by atoms with Crippen LogP contribution in [0.1, 0.15) is 48.5 Å². The summed E-state index contributed by atoms with van der Waals surface area (Å²) in [6, 6.07) is -1.17. The summed E-state index contributed by atoms with van der Waals surface area (Å²) in [5.74, 6) is -1.63. The van der Waals surface area contributed by atoms with Gasteiger partial charge in [0.05, 0.1) is 10.8 Å². The van der Waals surface area contributed by atoms with Gasteiger partial charge in [-0.1, -0.05) is 0 Å². The Morgan fingerprint density at radius 1 is 1.00 bits per heavy atom. The van der Waals surface area contributed by atoms with Crippen molar-refractivity contribution in [1.29, 1.82) is 0 Å². The maximum atomic E-state index is 12.3. The van der Waals surface area contributed by atoms with E-state index in [1.54, 1.807) is 41.5 Å². The number of rotatable bonds is 4. The van der Waals surface area contributed by atoms with Crippen LogP contribution in [-0.2, 0) is 28.6 Å². The Labute approximate surface area is 159 Å². The number of aliphatic hydroxyl groups is 2. The lowest BCUT2D eigenvalue weighted by Crippen LogP contribution is -2.65. The van der Waals surface area contributed by atoms with Gasteiger partial charge in [-0.25, -0.2) is 0 Å². The third kappa shape index (κ3) is 6.44. The van der Waals surface area contributed by atoms with Crippen LogP contribution >= 0.6 is 0 Å². The fraction of sp³-hybridized carbons (Fsp3) is 0.833. The number of hydrogen-bond acceptors (Lipinski definition) is 8. The van der Waals surface area contributed by atoms with E-state index in [-0.39, 0.29) is 6.61 Å². The van der Waals surface area contributed by atoms with Crippen molar-refractivity contribution in [3.8, 4) is 0 Å².